The Morgan fingerprint density at radius 3 is 2.59 bits per heavy atom. The molecule has 5 heteroatoms. The Balaban J connectivity index is 2.69. The molecule has 0 spiro atoms. The van der Waals surface area contributed by atoms with Crippen LogP contribution < -0.4 is 11.1 Å². The Morgan fingerprint density at radius 1 is 1.53 bits per heavy atom. The van der Waals surface area contributed by atoms with Crippen molar-refractivity contribution in [1.82, 2.24) is 10.3 Å². The summed E-state index contributed by atoms with van der Waals surface area (Å²) in [5.41, 5.74) is 6.56. The maximum absolute atomic E-state index is 11.9. The van der Waals surface area contributed by atoms with Gasteiger partial charge in [-0.3, -0.25) is 4.79 Å². The number of nitrogens with two attached hydrogens (primary N) is 1. The van der Waals surface area contributed by atoms with Crippen molar-refractivity contribution in [1.29, 1.82) is 0 Å². The van der Waals surface area contributed by atoms with Gasteiger partial charge in [0.05, 0.1) is 16.7 Å². The molecule has 0 saturated heterocycles. The Kier molecular flexibility index (Phi) is 5.08. The number of aromatic nitrogens is 1. The lowest BCUT2D eigenvalue weighted by Gasteiger charge is -2.17. The highest BCUT2D eigenvalue weighted by molar-refractivity contribution is 7.11. The van der Waals surface area contributed by atoms with Crippen LogP contribution in [0, 0.1) is 19.8 Å². The number of amides is 1. The minimum absolute atomic E-state index is 0.00861. The summed E-state index contributed by atoms with van der Waals surface area (Å²) in [4.78, 5) is 17.4. The van der Waals surface area contributed by atoms with Gasteiger partial charge in [-0.1, -0.05) is 6.92 Å². The number of thiazole rings is 1. The Labute approximate surface area is 107 Å². The zero-order chi connectivity index (χ0) is 13.0. The van der Waals surface area contributed by atoms with Gasteiger partial charge in [-0.2, -0.15) is 0 Å². The molecule has 1 aromatic heterocycles. The molecule has 0 aliphatic rings. The summed E-state index contributed by atoms with van der Waals surface area (Å²) >= 11 is 1.63. The summed E-state index contributed by atoms with van der Waals surface area (Å²) in [5.74, 6) is -0.0558. The molecule has 4 nitrogen and oxygen atoms in total. The summed E-state index contributed by atoms with van der Waals surface area (Å²) < 4.78 is 0. The number of hydrogen-bond donors (Lipinski definition) is 2. The minimum atomic E-state index is -0.0909. The summed E-state index contributed by atoms with van der Waals surface area (Å²) in [6.45, 7) is 8.31. The second-order valence-corrected chi connectivity index (χ2v) is 5.49. The zero-order valence-corrected chi connectivity index (χ0v) is 11.7. The molecule has 0 radical (unpaired) electrons. The second kappa shape index (κ2) is 6.12. The van der Waals surface area contributed by atoms with E-state index in [1.807, 2.05) is 27.7 Å². The largest absolute Gasteiger partial charge is 0.348 e. The van der Waals surface area contributed by atoms with Gasteiger partial charge < -0.3 is 11.1 Å². The van der Waals surface area contributed by atoms with Crippen LogP contribution in [-0.2, 0) is 4.79 Å². The number of rotatable bonds is 5. The first-order chi connectivity index (χ1) is 7.99. The molecule has 17 heavy (non-hydrogen) atoms. The van der Waals surface area contributed by atoms with Crippen LogP contribution in [0.5, 0.6) is 0 Å². The average molecular weight is 255 g/mol. The third-order valence-electron chi connectivity index (χ3n) is 2.84. The first-order valence-electron chi connectivity index (χ1n) is 5.93. The van der Waals surface area contributed by atoms with Crippen molar-refractivity contribution < 1.29 is 4.79 Å². The van der Waals surface area contributed by atoms with Gasteiger partial charge in [-0.15, -0.1) is 11.3 Å². The fourth-order valence-corrected chi connectivity index (χ4v) is 2.73. The fourth-order valence-electron chi connectivity index (χ4n) is 1.80. The van der Waals surface area contributed by atoms with Crippen molar-refractivity contribution in [2.75, 3.05) is 6.54 Å². The van der Waals surface area contributed by atoms with Crippen molar-refractivity contribution in [3.05, 3.63) is 15.6 Å². The molecule has 2 atom stereocenters. The lowest BCUT2D eigenvalue weighted by molar-refractivity contribution is -0.125. The van der Waals surface area contributed by atoms with E-state index < -0.39 is 0 Å². The van der Waals surface area contributed by atoms with Gasteiger partial charge >= 0.3 is 0 Å². The van der Waals surface area contributed by atoms with Crippen LogP contribution in [0.2, 0.25) is 0 Å². The Bertz CT molecular complexity index is 385. The number of nitrogens with one attached hydrogen (secondary N) is 1. The molecule has 0 aliphatic heterocycles. The molecule has 1 amide bonds. The van der Waals surface area contributed by atoms with Gasteiger partial charge in [0.25, 0.3) is 0 Å². The predicted octanol–water partition coefficient (Wildman–Crippen LogP) is 1.92. The molecule has 2 unspecified atom stereocenters. The van der Waals surface area contributed by atoms with Crippen LogP contribution in [0.3, 0.4) is 0 Å². The van der Waals surface area contributed by atoms with Crippen molar-refractivity contribution in [3.8, 4) is 0 Å². The van der Waals surface area contributed by atoms with Gasteiger partial charge in [0.1, 0.15) is 0 Å². The lowest BCUT2D eigenvalue weighted by Crippen LogP contribution is -2.36. The molecule has 1 heterocycles. The van der Waals surface area contributed by atoms with E-state index in [1.165, 1.54) is 0 Å². The smallest absolute Gasteiger partial charge is 0.224 e. The topological polar surface area (TPSA) is 68.0 Å². The number of nitrogens with zero attached hydrogens (tertiary/aromatic N) is 1. The van der Waals surface area contributed by atoms with Crippen molar-refractivity contribution in [2.45, 2.75) is 40.2 Å². The van der Waals surface area contributed by atoms with Gasteiger partial charge in [0.15, 0.2) is 0 Å². The van der Waals surface area contributed by atoms with Gasteiger partial charge in [-0.25, -0.2) is 4.98 Å². The highest BCUT2D eigenvalue weighted by Gasteiger charge is 2.19. The maximum Gasteiger partial charge on any atom is 0.224 e. The van der Waals surface area contributed by atoms with Crippen molar-refractivity contribution in [3.63, 3.8) is 0 Å². The normalized spacial score (nSPS) is 14.4. The quantitative estimate of drug-likeness (QED) is 0.844. The van der Waals surface area contributed by atoms with Crippen LogP contribution >= 0.6 is 11.3 Å². The zero-order valence-electron chi connectivity index (χ0n) is 10.9. The van der Waals surface area contributed by atoms with E-state index in [9.17, 15) is 4.79 Å². The Hall–Kier alpha value is -0.940. The standard InChI is InChI=1S/C12H21N3OS/c1-5-10(6-13)12(16)15-8(3)11-7(2)14-9(4)17-11/h8,10H,5-6,13H2,1-4H3,(H,15,16). The molecule has 0 aromatic carbocycles. The predicted molar refractivity (Wildman–Crippen MR) is 71.0 cm³/mol. The van der Waals surface area contributed by atoms with Gasteiger partial charge in [0, 0.05) is 17.3 Å². The molecular formula is C12H21N3OS. The molecule has 1 rings (SSSR count). The summed E-state index contributed by atoms with van der Waals surface area (Å²) in [6, 6.07) is 0.00861. The van der Waals surface area contributed by atoms with Gasteiger partial charge in [-0.05, 0) is 27.2 Å². The summed E-state index contributed by atoms with van der Waals surface area (Å²) in [7, 11) is 0. The SMILES string of the molecule is CCC(CN)C(=O)NC(C)c1sc(C)nc1C. The summed E-state index contributed by atoms with van der Waals surface area (Å²) in [5, 5.41) is 4.04. The molecule has 0 aliphatic carbocycles. The molecule has 96 valence electrons. The van der Waals surface area contributed by atoms with Crippen molar-refractivity contribution >= 4 is 17.2 Å². The third kappa shape index (κ3) is 3.51. The Morgan fingerprint density at radius 2 is 2.18 bits per heavy atom. The number of carbonyl (C=O) groups is 1. The van der Waals surface area contributed by atoms with E-state index in [1.54, 1.807) is 11.3 Å². The minimum Gasteiger partial charge on any atom is -0.348 e. The van der Waals surface area contributed by atoms with E-state index in [4.69, 9.17) is 5.73 Å². The van der Waals surface area contributed by atoms with E-state index in [0.29, 0.717) is 6.54 Å². The molecule has 1 aromatic rings. The van der Waals surface area contributed by atoms with E-state index >= 15 is 0 Å². The van der Waals surface area contributed by atoms with E-state index in [2.05, 4.69) is 10.3 Å². The lowest BCUT2D eigenvalue weighted by atomic mass is 10.1. The number of carbonyl (C=O) groups excluding carboxylic acids is 1. The first-order valence-corrected chi connectivity index (χ1v) is 6.75. The van der Waals surface area contributed by atoms with Gasteiger partial charge in [0.2, 0.25) is 5.91 Å². The molecule has 3 N–H and O–H groups in total. The highest BCUT2D eigenvalue weighted by atomic mass is 32.1. The monoisotopic (exact) mass is 255 g/mol. The maximum atomic E-state index is 11.9. The molecule has 0 saturated carbocycles. The van der Waals surface area contributed by atoms with Crippen molar-refractivity contribution in [2.24, 2.45) is 11.7 Å². The highest BCUT2D eigenvalue weighted by Crippen LogP contribution is 2.24. The van der Waals surface area contributed by atoms with Crippen LogP contribution in [0.4, 0.5) is 0 Å². The van der Waals surface area contributed by atoms with E-state index in [-0.39, 0.29) is 17.9 Å². The average Bonchev–Trinajstić information content (AvgIpc) is 2.59. The number of aryl methyl sites for hydroxylation is 2. The first kappa shape index (κ1) is 14.1. The van der Waals surface area contributed by atoms with Crippen LogP contribution in [-0.4, -0.2) is 17.4 Å². The fraction of sp³-hybridized carbons (Fsp3) is 0.667. The third-order valence-corrected chi connectivity index (χ3v) is 4.10. The molecular weight excluding hydrogens is 234 g/mol. The molecule has 0 bridgehead atoms. The molecule has 0 fully saturated rings. The summed E-state index contributed by atoms with van der Waals surface area (Å²) in [6.07, 6.45) is 0.774. The van der Waals surface area contributed by atoms with Crippen LogP contribution in [0.15, 0.2) is 0 Å². The number of hydrogen-bond acceptors (Lipinski definition) is 4. The second-order valence-electron chi connectivity index (χ2n) is 4.25. The van der Waals surface area contributed by atoms with E-state index in [0.717, 1.165) is 22.0 Å². The van der Waals surface area contributed by atoms with Crippen LogP contribution in [0.25, 0.3) is 0 Å². The van der Waals surface area contributed by atoms with Crippen LogP contribution in [0.1, 0.15) is 41.9 Å².